The van der Waals surface area contributed by atoms with E-state index in [4.69, 9.17) is 0 Å². The number of hydrogen-bond donors (Lipinski definition) is 0. The summed E-state index contributed by atoms with van der Waals surface area (Å²) in [7, 11) is 0. The molecule has 4 rings (SSSR count). The van der Waals surface area contributed by atoms with Crippen molar-refractivity contribution in [1.82, 2.24) is 9.55 Å². The van der Waals surface area contributed by atoms with Crippen LogP contribution in [0.25, 0.3) is 11.0 Å². The Morgan fingerprint density at radius 1 is 1.11 bits per heavy atom. The number of Topliss-reactive ketones (excluding diaryl/α,β-unsaturated/α-hetero) is 1. The van der Waals surface area contributed by atoms with Crippen LogP contribution in [0.1, 0.15) is 46.4 Å². The van der Waals surface area contributed by atoms with Crippen LogP contribution in [0.4, 0.5) is 13.2 Å². The first-order valence-corrected chi connectivity index (χ1v) is 9.02. The van der Waals surface area contributed by atoms with Crippen molar-refractivity contribution in [3.8, 4) is 0 Å². The molecule has 0 radical (unpaired) electrons. The standard InChI is InChI=1S/C21H17F3N2O2/c1-2-26-16-10-13(12-5-7-14(8-6-12)21(22,23)24)11-17(27)18(16)19(28)15-4-3-9-25-20(15)26/h3-9,13H,2,10-11H2,1H3. The third-order valence-corrected chi connectivity index (χ3v) is 5.30. The third kappa shape index (κ3) is 2.91. The second-order valence-electron chi connectivity index (χ2n) is 6.92. The van der Waals surface area contributed by atoms with E-state index in [-0.39, 0.29) is 29.1 Å². The van der Waals surface area contributed by atoms with E-state index in [1.165, 1.54) is 12.1 Å². The van der Waals surface area contributed by atoms with Gasteiger partial charge in [0.05, 0.1) is 16.5 Å². The summed E-state index contributed by atoms with van der Waals surface area (Å²) < 4.78 is 40.3. The molecular formula is C21H17F3N2O2. The molecule has 1 aliphatic rings. The number of ketones is 1. The number of carbonyl (C=O) groups excluding carboxylic acids is 1. The van der Waals surface area contributed by atoms with Gasteiger partial charge in [0.2, 0.25) is 5.43 Å². The highest BCUT2D eigenvalue weighted by atomic mass is 19.4. The molecule has 144 valence electrons. The Morgan fingerprint density at radius 3 is 2.46 bits per heavy atom. The van der Waals surface area contributed by atoms with Gasteiger partial charge in [0.1, 0.15) is 5.65 Å². The monoisotopic (exact) mass is 386 g/mol. The molecule has 4 nitrogen and oxygen atoms in total. The lowest BCUT2D eigenvalue weighted by atomic mass is 9.80. The number of nitrogens with zero attached hydrogens (tertiary/aromatic N) is 2. The van der Waals surface area contributed by atoms with Crippen molar-refractivity contribution < 1.29 is 18.0 Å². The summed E-state index contributed by atoms with van der Waals surface area (Å²) in [4.78, 5) is 30.0. The summed E-state index contributed by atoms with van der Waals surface area (Å²) in [5.41, 5.74) is 0.932. The summed E-state index contributed by atoms with van der Waals surface area (Å²) in [6, 6.07) is 8.22. The van der Waals surface area contributed by atoms with Crippen molar-refractivity contribution in [2.24, 2.45) is 0 Å². The van der Waals surface area contributed by atoms with Crippen LogP contribution in [0.2, 0.25) is 0 Å². The van der Waals surface area contributed by atoms with Gasteiger partial charge in [-0.2, -0.15) is 13.2 Å². The number of fused-ring (bicyclic) bond motifs is 2. The van der Waals surface area contributed by atoms with E-state index in [0.29, 0.717) is 35.3 Å². The minimum atomic E-state index is -4.40. The third-order valence-electron chi connectivity index (χ3n) is 5.30. The molecule has 3 aromatic rings. The Labute approximate surface area is 158 Å². The predicted molar refractivity (Wildman–Crippen MR) is 98.5 cm³/mol. The van der Waals surface area contributed by atoms with Crippen LogP contribution >= 0.6 is 0 Å². The summed E-state index contributed by atoms with van der Waals surface area (Å²) in [6.07, 6.45) is -2.30. The molecule has 0 spiro atoms. The topological polar surface area (TPSA) is 52.0 Å². The molecule has 1 aromatic carbocycles. The maximum Gasteiger partial charge on any atom is 0.416 e. The summed E-state index contributed by atoms with van der Waals surface area (Å²) in [6.45, 7) is 2.44. The first kappa shape index (κ1) is 18.4. The number of halogens is 3. The van der Waals surface area contributed by atoms with Gasteiger partial charge in [0.15, 0.2) is 5.78 Å². The van der Waals surface area contributed by atoms with Gasteiger partial charge in [-0.05, 0) is 49.1 Å². The van der Waals surface area contributed by atoms with Crippen LogP contribution in [-0.2, 0) is 19.1 Å². The quantitative estimate of drug-likeness (QED) is 0.658. The lowest BCUT2D eigenvalue weighted by molar-refractivity contribution is -0.137. The predicted octanol–water partition coefficient (Wildman–Crippen LogP) is 4.35. The highest BCUT2D eigenvalue weighted by molar-refractivity contribution is 6.01. The summed E-state index contributed by atoms with van der Waals surface area (Å²) >= 11 is 0. The van der Waals surface area contributed by atoms with Gasteiger partial charge in [0.25, 0.3) is 0 Å². The highest BCUT2D eigenvalue weighted by Crippen LogP contribution is 2.35. The van der Waals surface area contributed by atoms with Crippen molar-refractivity contribution in [3.63, 3.8) is 0 Å². The van der Waals surface area contributed by atoms with E-state index >= 15 is 0 Å². The molecule has 0 saturated heterocycles. The molecule has 0 aliphatic heterocycles. The zero-order chi connectivity index (χ0) is 20.1. The number of aromatic nitrogens is 2. The number of benzene rings is 1. The van der Waals surface area contributed by atoms with E-state index in [0.717, 1.165) is 12.1 Å². The SMILES string of the molecule is CCn1c2c(c(=O)c3cccnc31)C(=O)CC(c1ccc(C(F)(F)F)cc1)C2. The molecule has 7 heteroatoms. The molecule has 2 heterocycles. The molecule has 28 heavy (non-hydrogen) atoms. The summed E-state index contributed by atoms with van der Waals surface area (Å²) in [5.74, 6) is -0.551. The van der Waals surface area contributed by atoms with Crippen LogP contribution in [0.15, 0.2) is 47.4 Å². The fourth-order valence-corrected chi connectivity index (χ4v) is 3.97. The molecule has 1 aliphatic carbocycles. The van der Waals surface area contributed by atoms with Gasteiger partial charge in [-0.25, -0.2) is 4.98 Å². The second kappa shape index (κ2) is 6.58. The van der Waals surface area contributed by atoms with Crippen molar-refractivity contribution in [2.75, 3.05) is 0 Å². The molecule has 0 N–H and O–H groups in total. The average molecular weight is 386 g/mol. The van der Waals surface area contributed by atoms with E-state index in [9.17, 15) is 22.8 Å². The van der Waals surface area contributed by atoms with Gasteiger partial charge in [-0.15, -0.1) is 0 Å². The largest absolute Gasteiger partial charge is 0.416 e. The normalized spacial score (nSPS) is 17.0. The average Bonchev–Trinajstić information content (AvgIpc) is 2.67. The van der Waals surface area contributed by atoms with Crippen LogP contribution in [0, 0.1) is 0 Å². The minimum absolute atomic E-state index is 0.100. The fraction of sp³-hybridized carbons (Fsp3) is 0.286. The lowest BCUT2D eigenvalue weighted by Gasteiger charge is -2.27. The van der Waals surface area contributed by atoms with Crippen molar-refractivity contribution in [3.05, 3.63) is 75.2 Å². The molecule has 0 saturated carbocycles. The van der Waals surface area contributed by atoms with Gasteiger partial charge in [-0.1, -0.05) is 12.1 Å². The van der Waals surface area contributed by atoms with E-state index in [2.05, 4.69) is 4.98 Å². The zero-order valence-electron chi connectivity index (χ0n) is 15.1. The Bertz CT molecular complexity index is 1130. The van der Waals surface area contributed by atoms with Crippen molar-refractivity contribution in [2.45, 2.75) is 38.4 Å². The first-order valence-electron chi connectivity index (χ1n) is 9.02. The van der Waals surface area contributed by atoms with Crippen molar-refractivity contribution >= 4 is 16.8 Å². The van der Waals surface area contributed by atoms with Crippen LogP contribution in [0.3, 0.4) is 0 Å². The smallest absolute Gasteiger partial charge is 0.329 e. The fourth-order valence-electron chi connectivity index (χ4n) is 3.97. The molecular weight excluding hydrogens is 369 g/mol. The Hall–Kier alpha value is -2.96. The summed E-state index contributed by atoms with van der Waals surface area (Å²) in [5, 5.41) is 0.407. The Morgan fingerprint density at radius 2 is 1.82 bits per heavy atom. The van der Waals surface area contributed by atoms with Crippen LogP contribution < -0.4 is 5.43 Å². The molecule has 0 fully saturated rings. The molecule has 1 unspecified atom stereocenters. The highest BCUT2D eigenvalue weighted by Gasteiger charge is 2.33. The van der Waals surface area contributed by atoms with Gasteiger partial charge in [-0.3, -0.25) is 9.59 Å². The number of hydrogen-bond acceptors (Lipinski definition) is 3. The number of carbonyl (C=O) groups is 1. The molecule has 0 amide bonds. The number of aryl methyl sites for hydroxylation is 1. The number of alkyl halides is 3. The minimum Gasteiger partial charge on any atom is -0.329 e. The van der Waals surface area contributed by atoms with Crippen LogP contribution in [0.5, 0.6) is 0 Å². The van der Waals surface area contributed by atoms with Gasteiger partial charge in [0, 0.05) is 24.9 Å². The molecule has 0 bridgehead atoms. The maximum absolute atomic E-state index is 12.9. The number of pyridine rings is 2. The van der Waals surface area contributed by atoms with E-state index in [1.54, 1.807) is 18.3 Å². The van der Waals surface area contributed by atoms with Crippen LogP contribution in [-0.4, -0.2) is 15.3 Å². The number of rotatable bonds is 2. The van der Waals surface area contributed by atoms with E-state index < -0.39 is 11.7 Å². The lowest BCUT2D eigenvalue weighted by Crippen LogP contribution is -2.31. The Balaban J connectivity index is 1.82. The van der Waals surface area contributed by atoms with Gasteiger partial charge >= 0.3 is 6.18 Å². The first-order chi connectivity index (χ1) is 13.3. The zero-order valence-corrected chi connectivity index (χ0v) is 15.1. The van der Waals surface area contributed by atoms with Gasteiger partial charge < -0.3 is 4.57 Å². The van der Waals surface area contributed by atoms with E-state index in [1.807, 2.05) is 11.5 Å². The van der Waals surface area contributed by atoms with Crippen molar-refractivity contribution in [1.29, 1.82) is 0 Å². The molecule has 1 atom stereocenters. The second-order valence-corrected chi connectivity index (χ2v) is 6.92. The Kier molecular flexibility index (Phi) is 4.33. The molecule has 2 aromatic heterocycles. The maximum atomic E-state index is 12.9.